The number of carbonyl (C=O) groups excluding carboxylic acids is 1. The van der Waals surface area contributed by atoms with Gasteiger partial charge in [-0.3, -0.25) is 9.89 Å². The zero-order valence-electron chi connectivity index (χ0n) is 9.55. The summed E-state index contributed by atoms with van der Waals surface area (Å²) < 4.78 is 0. The lowest BCUT2D eigenvalue weighted by Crippen LogP contribution is -2.35. The maximum Gasteiger partial charge on any atom is 0.242 e. The van der Waals surface area contributed by atoms with Crippen LogP contribution in [0.25, 0.3) is 0 Å². The smallest absolute Gasteiger partial charge is 0.242 e. The number of hydrogen-bond acceptors (Lipinski definition) is 3. The van der Waals surface area contributed by atoms with Gasteiger partial charge in [-0.2, -0.15) is 5.10 Å². The average molecular weight is 222 g/mol. The second-order valence-corrected chi connectivity index (χ2v) is 4.17. The fraction of sp³-hybridized carbons (Fsp3) is 0.636. The summed E-state index contributed by atoms with van der Waals surface area (Å²) in [5.74, 6) is 0.647. The van der Waals surface area contributed by atoms with Crippen LogP contribution in [0.5, 0.6) is 0 Å². The van der Waals surface area contributed by atoms with Crippen LogP contribution in [0.1, 0.15) is 31.9 Å². The van der Waals surface area contributed by atoms with Crippen molar-refractivity contribution in [3.05, 3.63) is 11.8 Å². The lowest BCUT2D eigenvalue weighted by atomic mass is 10.2. The highest BCUT2D eigenvalue weighted by Crippen LogP contribution is 2.10. The van der Waals surface area contributed by atoms with Crippen LogP contribution >= 0.6 is 0 Å². The van der Waals surface area contributed by atoms with E-state index < -0.39 is 0 Å². The topological polar surface area (TPSA) is 69.8 Å². The number of aryl methyl sites for hydroxylation is 1. The van der Waals surface area contributed by atoms with Gasteiger partial charge in [0.1, 0.15) is 0 Å². The Balaban J connectivity index is 1.89. The molecule has 1 amide bonds. The van der Waals surface area contributed by atoms with Crippen molar-refractivity contribution in [2.75, 3.05) is 11.9 Å². The summed E-state index contributed by atoms with van der Waals surface area (Å²) >= 11 is 0. The van der Waals surface area contributed by atoms with E-state index in [1.54, 1.807) is 0 Å². The molecule has 0 aromatic carbocycles. The van der Waals surface area contributed by atoms with E-state index in [2.05, 4.69) is 27.8 Å². The average Bonchev–Trinajstić information content (AvgIpc) is 2.89. The molecule has 5 heteroatoms. The van der Waals surface area contributed by atoms with Gasteiger partial charge < -0.3 is 10.6 Å². The molecule has 3 N–H and O–H groups in total. The van der Waals surface area contributed by atoms with E-state index >= 15 is 0 Å². The number of rotatable bonds is 4. The molecule has 88 valence electrons. The Hall–Kier alpha value is -1.36. The molecular weight excluding hydrogens is 204 g/mol. The van der Waals surface area contributed by atoms with E-state index in [1.807, 2.05) is 6.07 Å². The Morgan fingerprint density at radius 3 is 3.25 bits per heavy atom. The molecule has 1 fully saturated rings. The van der Waals surface area contributed by atoms with Crippen LogP contribution in [0, 0.1) is 0 Å². The highest BCUT2D eigenvalue weighted by Gasteiger charge is 2.22. The monoisotopic (exact) mass is 222 g/mol. The minimum atomic E-state index is -0.0497. The number of anilines is 1. The third-order valence-corrected chi connectivity index (χ3v) is 2.78. The van der Waals surface area contributed by atoms with Crippen molar-refractivity contribution in [1.82, 2.24) is 15.5 Å². The molecule has 0 spiro atoms. The zero-order chi connectivity index (χ0) is 11.4. The molecule has 2 heterocycles. The molecule has 0 bridgehead atoms. The van der Waals surface area contributed by atoms with Crippen molar-refractivity contribution in [2.24, 2.45) is 0 Å². The first-order valence-electron chi connectivity index (χ1n) is 5.88. The molecule has 1 aliphatic heterocycles. The quantitative estimate of drug-likeness (QED) is 0.713. The zero-order valence-corrected chi connectivity index (χ0v) is 9.55. The molecule has 16 heavy (non-hydrogen) atoms. The van der Waals surface area contributed by atoms with Gasteiger partial charge in [0.25, 0.3) is 0 Å². The van der Waals surface area contributed by atoms with Crippen LogP contribution < -0.4 is 10.6 Å². The first kappa shape index (κ1) is 11.1. The molecule has 1 atom stereocenters. The molecule has 5 nitrogen and oxygen atoms in total. The molecule has 1 aromatic heterocycles. The lowest BCUT2D eigenvalue weighted by Gasteiger charge is -2.08. The van der Waals surface area contributed by atoms with Gasteiger partial charge in [0.2, 0.25) is 5.91 Å². The van der Waals surface area contributed by atoms with E-state index in [9.17, 15) is 4.79 Å². The molecule has 0 radical (unpaired) electrons. The molecule has 2 rings (SSSR count). The van der Waals surface area contributed by atoms with Gasteiger partial charge in [-0.25, -0.2) is 0 Å². The van der Waals surface area contributed by atoms with Gasteiger partial charge in [0, 0.05) is 11.8 Å². The Kier molecular flexibility index (Phi) is 3.56. The minimum absolute atomic E-state index is 0.0204. The third-order valence-electron chi connectivity index (χ3n) is 2.78. The molecule has 0 saturated carbocycles. The van der Waals surface area contributed by atoms with Crippen LogP contribution in [0.2, 0.25) is 0 Å². The van der Waals surface area contributed by atoms with Crippen molar-refractivity contribution >= 4 is 11.7 Å². The molecular formula is C11H18N4O. The molecule has 1 aliphatic rings. The normalized spacial score (nSPS) is 19.9. The Labute approximate surface area is 95.0 Å². The summed E-state index contributed by atoms with van der Waals surface area (Å²) in [4.78, 5) is 11.8. The summed E-state index contributed by atoms with van der Waals surface area (Å²) in [6, 6.07) is 1.85. The van der Waals surface area contributed by atoms with Crippen molar-refractivity contribution in [3.63, 3.8) is 0 Å². The third kappa shape index (κ3) is 2.61. The van der Waals surface area contributed by atoms with Crippen molar-refractivity contribution in [2.45, 2.75) is 38.6 Å². The van der Waals surface area contributed by atoms with Crippen molar-refractivity contribution < 1.29 is 4.79 Å². The number of carbonyl (C=O) groups is 1. The summed E-state index contributed by atoms with van der Waals surface area (Å²) in [6.45, 7) is 3.04. The molecule has 1 unspecified atom stereocenters. The lowest BCUT2D eigenvalue weighted by molar-refractivity contribution is -0.117. The van der Waals surface area contributed by atoms with E-state index in [1.165, 1.54) is 0 Å². The van der Waals surface area contributed by atoms with E-state index in [-0.39, 0.29) is 11.9 Å². The fourth-order valence-electron chi connectivity index (χ4n) is 1.94. The van der Waals surface area contributed by atoms with Crippen molar-refractivity contribution in [1.29, 1.82) is 0 Å². The number of nitrogens with one attached hydrogen (secondary N) is 3. The SMILES string of the molecule is CCCc1cc(NC(=O)C2CCCN2)n[nH]1. The summed E-state index contributed by atoms with van der Waals surface area (Å²) in [5, 5.41) is 13.0. The van der Waals surface area contributed by atoms with E-state index in [0.29, 0.717) is 5.82 Å². The van der Waals surface area contributed by atoms with Gasteiger partial charge >= 0.3 is 0 Å². The highest BCUT2D eigenvalue weighted by molar-refractivity contribution is 5.94. The van der Waals surface area contributed by atoms with Gasteiger partial charge in [-0.05, 0) is 25.8 Å². The fourth-order valence-corrected chi connectivity index (χ4v) is 1.94. The second-order valence-electron chi connectivity index (χ2n) is 4.17. The van der Waals surface area contributed by atoms with Crippen LogP contribution in [0.3, 0.4) is 0 Å². The van der Waals surface area contributed by atoms with Crippen LogP contribution in [-0.4, -0.2) is 28.7 Å². The first-order valence-corrected chi connectivity index (χ1v) is 5.88. The van der Waals surface area contributed by atoms with Crippen LogP contribution in [-0.2, 0) is 11.2 Å². The summed E-state index contributed by atoms with van der Waals surface area (Å²) in [5.41, 5.74) is 1.07. The van der Waals surface area contributed by atoms with Crippen LogP contribution in [0.15, 0.2) is 6.07 Å². The largest absolute Gasteiger partial charge is 0.308 e. The number of hydrogen-bond donors (Lipinski definition) is 3. The van der Waals surface area contributed by atoms with E-state index in [0.717, 1.165) is 37.9 Å². The van der Waals surface area contributed by atoms with E-state index in [4.69, 9.17) is 0 Å². The van der Waals surface area contributed by atoms with Crippen molar-refractivity contribution in [3.8, 4) is 0 Å². The standard InChI is InChI=1S/C11H18N4O/c1-2-4-8-7-10(15-14-8)13-11(16)9-5-3-6-12-9/h7,9,12H,2-6H2,1H3,(H2,13,14,15,16). The van der Waals surface area contributed by atoms with Gasteiger partial charge in [-0.15, -0.1) is 0 Å². The van der Waals surface area contributed by atoms with Gasteiger partial charge in [-0.1, -0.05) is 13.3 Å². The maximum absolute atomic E-state index is 11.8. The number of aromatic nitrogens is 2. The predicted octanol–water partition coefficient (Wildman–Crippen LogP) is 1.05. The first-order chi connectivity index (χ1) is 7.79. The minimum Gasteiger partial charge on any atom is -0.308 e. The Bertz CT molecular complexity index is 355. The number of nitrogens with zero attached hydrogens (tertiary/aromatic N) is 1. The Morgan fingerprint density at radius 1 is 1.69 bits per heavy atom. The van der Waals surface area contributed by atoms with Gasteiger partial charge in [0.15, 0.2) is 5.82 Å². The molecule has 0 aliphatic carbocycles. The summed E-state index contributed by atoms with van der Waals surface area (Å²) in [7, 11) is 0. The maximum atomic E-state index is 11.8. The number of H-pyrrole nitrogens is 1. The highest BCUT2D eigenvalue weighted by atomic mass is 16.2. The summed E-state index contributed by atoms with van der Waals surface area (Å²) in [6.07, 6.45) is 4.02. The second kappa shape index (κ2) is 5.12. The predicted molar refractivity (Wildman–Crippen MR) is 62.2 cm³/mol. The number of aromatic amines is 1. The molecule has 1 saturated heterocycles. The number of amides is 1. The van der Waals surface area contributed by atoms with Gasteiger partial charge in [0.05, 0.1) is 6.04 Å². The Morgan fingerprint density at radius 2 is 2.56 bits per heavy atom. The van der Waals surface area contributed by atoms with Crippen LogP contribution in [0.4, 0.5) is 5.82 Å². The molecule has 1 aromatic rings.